The van der Waals surface area contributed by atoms with Crippen LogP contribution in [-0.4, -0.2) is 40.9 Å². The van der Waals surface area contributed by atoms with E-state index in [-0.39, 0.29) is 34.5 Å². The SMILES string of the molecule is CCC(=O)c1cc(-c2ccc(C(=O)O)c(C(=O)Nc3ccc(-c4ccc(NC)cc4C)c(C)c3)c2)ccc1C(=O)O. The number of rotatable bonds is 9. The standard InChI is InChI=1S/C33H30N2O6/c1-5-30(36)28-16-20(6-10-26(28)32(38)39)21-7-11-27(33(40)41)29(17-21)31(37)35-23-9-13-25(19(3)15-23)24-12-8-22(34-4)14-18(24)2/h6-17,34H,5H2,1-4H3,(H,35,37)(H,38,39)(H,40,41). The lowest BCUT2D eigenvalue weighted by Crippen LogP contribution is -2.17. The fraction of sp³-hybridized carbons (Fsp3) is 0.152. The van der Waals surface area contributed by atoms with Gasteiger partial charge >= 0.3 is 11.9 Å². The zero-order valence-electron chi connectivity index (χ0n) is 23.2. The zero-order valence-corrected chi connectivity index (χ0v) is 23.2. The molecule has 0 aliphatic carbocycles. The van der Waals surface area contributed by atoms with Gasteiger partial charge in [0.05, 0.1) is 16.7 Å². The molecule has 41 heavy (non-hydrogen) atoms. The second-order valence-corrected chi connectivity index (χ2v) is 9.67. The van der Waals surface area contributed by atoms with E-state index in [0.717, 1.165) is 27.9 Å². The number of nitrogens with one attached hydrogen (secondary N) is 2. The molecule has 0 saturated carbocycles. The Morgan fingerprint density at radius 3 is 1.61 bits per heavy atom. The van der Waals surface area contributed by atoms with Crippen LogP contribution in [0.2, 0.25) is 0 Å². The molecule has 0 spiro atoms. The summed E-state index contributed by atoms with van der Waals surface area (Å²) in [6, 6.07) is 20.2. The van der Waals surface area contributed by atoms with Crippen LogP contribution in [-0.2, 0) is 0 Å². The fourth-order valence-electron chi connectivity index (χ4n) is 4.79. The molecule has 4 aromatic rings. The zero-order chi connectivity index (χ0) is 29.8. The summed E-state index contributed by atoms with van der Waals surface area (Å²) in [4.78, 5) is 49.4. The van der Waals surface area contributed by atoms with Gasteiger partial charge < -0.3 is 20.8 Å². The Bertz CT molecular complexity index is 1710. The van der Waals surface area contributed by atoms with E-state index >= 15 is 0 Å². The first-order valence-corrected chi connectivity index (χ1v) is 13.0. The van der Waals surface area contributed by atoms with Gasteiger partial charge in [-0.15, -0.1) is 0 Å². The van der Waals surface area contributed by atoms with E-state index in [1.807, 2.05) is 45.2 Å². The summed E-state index contributed by atoms with van der Waals surface area (Å²) in [6.45, 7) is 5.61. The number of carbonyl (C=O) groups is 4. The minimum absolute atomic E-state index is 0.0530. The van der Waals surface area contributed by atoms with Crippen LogP contribution in [0, 0.1) is 13.8 Å². The highest BCUT2D eigenvalue weighted by Crippen LogP contribution is 2.31. The molecule has 8 nitrogen and oxygen atoms in total. The van der Waals surface area contributed by atoms with Gasteiger partial charge in [-0.25, -0.2) is 9.59 Å². The number of carboxylic acids is 2. The molecule has 208 valence electrons. The molecule has 0 atom stereocenters. The van der Waals surface area contributed by atoms with E-state index in [0.29, 0.717) is 16.8 Å². The van der Waals surface area contributed by atoms with Crippen molar-refractivity contribution in [2.45, 2.75) is 27.2 Å². The summed E-state index contributed by atoms with van der Waals surface area (Å²) in [6.07, 6.45) is 0.119. The molecule has 0 saturated heterocycles. The largest absolute Gasteiger partial charge is 0.478 e. The van der Waals surface area contributed by atoms with Gasteiger partial charge in [-0.2, -0.15) is 0 Å². The quantitative estimate of drug-likeness (QED) is 0.166. The second kappa shape index (κ2) is 11.9. The number of aromatic carboxylic acids is 2. The topological polar surface area (TPSA) is 133 Å². The maximum absolute atomic E-state index is 13.4. The summed E-state index contributed by atoms with van der Waals surface area (Å²) >= 11 is 0. The highest BCUT2D eigenvalue weighted by atomic mass is 16.4. The number of benzene rings is 4. The van der Waals surface area contributed by atoms with Crippen molar-refractivity contribution < 1.29 is 29.4 Å². The average molecular weight is 551 g/mol. The molecule has 0 aliphatic rings. The van der Waals surface area contributed by atoms with E-state index in [1.54, 1.807) is 13.0 Å². The Morgan fingerprint density at radius 2 is 1.12 bits per heavy atom. The predicted molar refractivity (Wildman–Crippen MR) is 159 cm³/mol. The van der Waals surface area contributed by atoms with Gasteiger partial charge in [0.25, 0.3) is 5.91 Å². The van der Waals surface area contributed by atoms with Gasteiger partial charge in [0.15, 0.2) is 5.78 Å². The van der Waals surface area contributed by atoms with Crippen molar-refractivity contribution in [1.29, 1.82) is 0 Å². The van der Waals surface area contributed by atoms with E-state index in [4.69, 9.17) is 0 Å². The number of carbonyl (C=O) groups excluding carboxylic acids is 2. The number of hydrogen-bond donors (Lipinski definition) is 4. The van der Waals surface area contributed by atoms with E-state index in [1.165, 1.54) is 36.4 Å². The van der Waals surface area contributed by atoms with Gasteiger partial charge in [0.1, 0.15) is 0 Å². The number of Topliss-reactive ketones (excluding diaryl/α,β-unsaturated/α-hetero) is 1. The molecule has 4 rings (SSSR count). The number of carboxylic acid groups (broad SMARTS) is 2. The molecule has 0 aliphatic heterocycles. The summed E-state index contributed by atoms with van der Waals surface area (Å²) in [5.74, 6) is -3.44. The van der Waals surface area contributed by atoms with Crippen molar-refractivity contribution in [2.24, 2.45) is 0 Å². The molecule has 1 amide bonds. The Labute approximate surface area is 237 Å². The number of hydrogen-bond acceptors (Lipinski definition) is 5. The summed E-state index contributed by atoms with van der Waals surface area (Å²) in [5.41, 5.74) is 6.25. The van der Waals surface area contributed by atoms with Crippen molar-refractivity contribution in [3.8, 4) is 22.3 Å². The first-order valence-electron chi connectivity index (χ1n) is 13.0. The second-order valence-electron chi connectivity index (χ2n) is 9.67. The van der Waals surface area contributed by atoms with Gasteiger partial charge in [0, 0.05) is 30.4 Å². The van der Waals surface area contributed by atoms with E-state index in [9.17, 15) is 29.4 Å². The van der Waals surface area contributed by atoms with Gasteiger partial charge in [-0.05, 0) is 95.8 Å². The summed E-state index contributed by atoms with van der Waals surface area (Å²) < 4.78 is 0. The molecule has 8 heteroatoms. The van der Waals surface area contributed by atoms with Gasteiger partial charge in [-0.3, -0.25) is 9.59 Å². The molecular formula is C33H30N2O6. The van der Waals surface area contributed by atoms with Crippen LogP contribution in [0.3, 0.4) is 0 Å². The fourth-order valence-corrected chi connectivity index (χ4v) is 4.79. The normalized spacial score (nSPS) is 10.6. The lowest BCUT2D eigenvalue weighted by atomic mass is 9.93. The van der Waals surface area contributed by atoms with E-state index in [2.05, 4.69) is 16.7 Å². The van der Waals surface area contributed by atoms with Crippen LogP contribution in [0.1, 0.15) is 65.9 Å². The van der Waals surface area contributed by atoms with Crippen LogP contribution < -0.4 is 10.6 Å². The Hall–Kier alpha value is -5.24. The van der Waals surface area contributed by atoms with Crippen molar-refractivity contribution in [3.05, 3.63) is 106 Å². The molecule has 0 heterocycles. The molecule has 4 aromatic carbocycles. The van der Waals surface area contributed by atoms with Crippen molar-refractivity contribution in [1.82, 2.24) is 0 Å². The maximum atomic E-state index is 13.4. The minimum atomic E-state index is -1.27. The van der Waals surface area contributed by atoms with Gasteiger partial charge in [-0.1, -0.05) is 31.2 Å². The van der Waals surface area contributed by atoms with Crippen LogP contribution >= 0.6 is 0 Å². The first-order chi connectivity index (χ1) is 19.5. The lowest BCUT2D eigenvalue weighted by molar-refractivity contribution is 0.0683. The molecule has 0 aromatic heterocycles. The number of amides is 1. The van der Waals surface area contributed by atoms with Crippen molar-refractivity contribution in [3.63, 3.8) is 0 Å². The summed E-state index contributed by atoms with van der Waals surface area (Å²) in [5, 5.41) is 25.2. The number of ketones is 1. The Balaban J connectivity index is 1.68. The molecule has 0 unspecified atom stereocenters. The number of anilines is 2. The Morgan fingerprint density at radius 1 is 0.634 bits per heavy atom. The maximum Gasteiger partial charge on any atom is 0.336 e. The van der Waals surface area contributed by atoms with E-state index < -0.39 is 17.8 Å². The number of aryl methyl sites for hydroxylation is 2. The third kappa shape index (κ3) is 6.01. The van der Waals surface area contributed by atoms with Gasteiger partial charge in [0.2, 0.25) is 0 Å². The minimum Gasteiger partial charge on any atom is -0.478 e. The van der Waals surface area contributed by atoms with Crippen LogP contribution in [0.5, 0.6) is 0 Å². The third-order valence-electron chi connectivity index (χ3n) is 6.99. The van der Waals surface area contributed by atoms with Crippen LogP contribution in [0.15, 0.2) is 72.8 Å². The first kappa shape index (κ1) is 28.8. The van der Waals surface area contributed by atoms with Crippen LogP contribution in [0.25, 0.3) is 22.3 Å². The molecule has 0 fully saturated rings. The van der Waals surface area contributed by atoms with Crippen molar-refractivity contribution >= 4 is 35.0 Å². The molecular weight excluding hydrogens is 520 g/mol. The molecule has 0 radical (unpaired) electrons. The average Bonchev–Trinajstić information content (AvgIpc) is 2.96. The monoisotopic (exact) mass is 550 g/mol. The van der Waals surface area contributed by atoms with Crippen molar-refractivity contribution in [2.75, 3.05) is 17.7 Å². The van der Waals surface area contributed by atoms with Crippen LogP contribution in [0.4, 0.5) is 11.4 Å². The molecule has 4 N–H and O–H groups in total. The third-order valence-corrected chi connectivity index (χ3v) is 6.99. The predicted octanol–water partition coefficient (Wildman–Crippen LogP) is 6.92. The smallest absolute Gasteiger partial charge is 0.336 e. The lowest BCUT2D eigenvalue weighted by Gasteiger charge is -2.14. The summed E-state index contributed by atoms with van der Waals surface area (Å²) in [7, 11) is 1.86. The molecule has 0 bridgehead atoms. The highest BCUT2D eigenvalue weighted by Gasteiger charge is 2.21. The Kier molecular flexibility index (Phi) is 8.33. The highest BCUT2D eigenvalue weighted by molar-refractivity contribution is 6.12.